The Labute approximate surface area is 394 Å². The number of hydrogen-bond donors (Lipinski definition) is 0. The first kappa shape index (κ1) is 50.9. The largest absolute Gasteiger partial charge is 0.494 e. The molecule has 0 spiro atoms. The highest BCUT2D eigenvalue weighted by atomic mass is 32.2. The minimum Gasteiger partial charge on any atom is -0.494 e. The number of hydrogen-bond acceptors (Lipinski definition) is 14. The fraction of sp³-hybridized carbons (Fsp3) is 0.346. The maximum Gasteiger partial charge on any atom is 0.343 e. The molecular formula is C52H56O12S2. The van der Waals surface area contributed by atoms with Crippen LogP contribution >= 0.6 is 23.5 Å². The van der Waals surface area contributed by atoms with E-state index in [1.807, 2.05) is 0 Å². The summed E-state index contributed by atoms with van der Waals surface area (Å²) in [7, 11) is 0. The van der Waals surface area contributed by atoms with Crippen molar-refractivity contribution in [3.05, 3.63) is 133 Å². The molecule has 4 aromatic carbocycles. The zero-order valence-corrected chi connectivity index (χ0v) is 38.6. The van der Waals surface area contributed by atoms with Gasteiger partial charge in [-0.2, -0.15) is 0 Å². The van der Waals surface area contributed by atoms with Crippen LogP contribution in [0.1, 0.15) is 97.8 Å². The number of esters is 4. The number of thioether (sulfide) groups is 2. The van der Waals surface area contributed by atoms with Crippen molar-refractivity contribution in [3.63, 3.8) is 0 Å². The molecular weight excluding hydrogens is 881 g/mol. The van der Waals surface area contributed by atoms with Gasteiger partial charge in [-0.15, -0.1) is 0 Å². The minimum absolute atomic E-state index is 0.0773. The molecule has 0 bridgehead atoms. The molecule has 0 heterocycles. The van der Waals surface area contributed by atoms with Crippen molar-refractivity contribution in [1.29, 1.82) is 0 Å². The molecule has 0 amide bonds. The van der Waals surface area contributed by atoms with Gasteiger partial charge in [0.25, 0.3) is 0 Å². The van der Waals surface area contributed by atoms with E-state index in [0.717, 1.165) is 99.9 Å². The summed E-state index contributed by atoms with van der Waals surface area (Å²) in [5.41, 5.74) is 0.728. The highest BCUT2D eigenvalue weighted by Crippen LogP contribution is 2.40. The van der Waals surface area contributed by atoms with Crippen LogP contribution < -0.4 is 18.9 Å². The fourth-order valence-corrected chi connectivity index (χ4v) is 8.77. The smallest absolute Gasteiger partial charge is 0.343 e. The molecule has 0 radical (unpaired) electrons. The van der Waals surface area contributed by atoms with E-state index >= 15 is 0 Å². The van der Waals surface area contributed by atoms with Gasteiger partial charge >= 0.3 is 23.9 Å². The van der Waals surface area contributed by atoms with Gasteiger partial charge in [-0.25, -0.2) is 19.2 Å². The standard InChI is InChI=1S/C52H56O12S2/c1-3-47(53)61-35-13-7-5-11-33-59-39-21-17-37(18-22-39)49(55)63-41-25-29-43(30-26-41)65-51(57)45-15-9-10-16-46(45)52(58)66-44-31-27-42(28-32-44)64-50(56)38-19-23-40(24-20-38)60-34-12-6-8-14-36-62-48(54)4-2/h3-4,17-32,45-46H,1-2,5-16,33-36H2/t45-,46-/m0/s1. The summed E-state index contributed by atoms with van der Waals surface area (Å²) in [6.07, 6.45) is 12.2. The van der Waals surface area contributed by atoms with E-state index in [4.69, 9.17) is 28.4 Å². The quantitative estimate of drug-likeness (QED) is 0.0192. The van der Waals surface area contributed by atoms with Crippen molar-refractivity contribution in [1.82, 2.24) is 0 Å². The number of rotatable bonds is 26. The lowest BCUT2D eigenvalue weighted by molar-refractivity contribution is -0.138. The molecule has 5 rings (SSSR count). The molecule has 1 fully saturated rings. The second-order valence-corrected chi connectivity index (χ2v) is 17.5. The Bertz CT molecular complexity index is 2060. The first-order valence-corrected chi connectivity index (χ1v) is 23.9. The predicted octanol–water partition coefficient (Wildman–Crippen LogP) is 11.2. The summed E-state index contributed by atoms with van der Waals surface area (Å²) in [6.45, 7) is 8.54. The zero-order chi connectivity index (χ0) is 46.9. The van der Waals surface area contributed by atoms with Gasteiger partial charge < -0.3 is 28.4 Å². The number of ether oxygens (including phenoxy) is 6. The van der Waals surface area contributed by atoms with E-state index in [0.29, 0.717) is 83.2 Å². The molecule has 4 aromatic rings. The normalized spacial score (nSPS) is 14.2. The van der Waals surface area contributed by atoms with Crippen LogP contribution in [0, 0.1) is 11.8 Å². The molecule has 0 N–H and O–H groups in total. The van der Waals surface area contributed by atoms with Gasteiger partial charge in [0.1, 0.15) is 23.0 Å². The minimum atomic E-state index is -0.525. The molecule has 1 saturated carbocycles. The summed E-state index contributed by atoms with van der Waals surface area (Å²) in [6, 6.07) is 26.9. The third-order valence-electron chi connectivity index (χ3n) is 10.5. The number of carbonyl (C=O) groups excluding carboxylic acids is 6. The van der Waals surface area contributed by atoms with E-state index in [1.54, 1.807) is 97.1 Å². The van der Waals surface area contributed by atoms with Crippen molar-refractivity contribution < 1.29 is 57.2 Å². The van der Waals surface area contributed by atoms with E-state index in [9.17, 15) is 28.8 Å². The van der Waals surface area contributed by atoms with Crippen LogP contribution in [0.5, 0.6) is 23.0 Å². The lowest BCUT2D eigenvalue weighted by atomic mass is 9.81. The average Bonchev–Trinajstić information content (AvgIpc) is 3.34. The van der Waals surface area contributed by atoms with Gasteiger partial charge in [0.2, 0.25) is 0 Å². The van der Waals surface area contributed by atoms with Crippen LogP contribution in [0.2, 0.25) is 0 Å². The van der Waals surface area contributed by atoms with Crippen molar-refractivity contribution in [2.75, 3.05) is 26.4 Å². The number of benzene rings is 4. The summed E-state index contributed by atoms with van der Waals surface area (Å²) in [5, 5.41) is -0.155. The lowest BCUT2D eigenvalue weighted by Gasteiger charge is -2.28. The second kappa shape index (κ2) is 28.0. The van der Waals surface area contributed by atoms with E-state index < -0.39 is 35.7 Å². The summed E-state index contributed by atoms with van der Waals surface area (Å²) < 4.78 is 32.6. The maximum atomic E-state index is 13.6. The Morgan fingerprint density at radius 2 is 0.788 bits per heavy atom. The molecule has 0 saturated heterocycles. The van der Waals surface area contributed by atoms with Crippen molar-refractivity contribution >= 4 is 57.6 Å². The Morgan fingerprint density at radius 3 is 1.14 bits per heavy atom. The first-order chi connectivity index (χ1) is 32.1. The Balaban J connectivity index is 1.00. The highest BCUT2D eigenvalue weighted by Gasteiger charge is 2.36. The SMILES string of the molecule is C=CC(=O)OCCCCCCOc1ccc(C(=O)Oc2ccc(SC(=O)[C@H]3CCCC[C@@H]3C(=O)Sc3ccc(OC(=O)c4ccc(OCCCCCCOC(=O)C=C)cc4)cc3)cc2)cc1. The molecule has 12 nitrogen and oxygen atoms in total. The first-order valence-electron chi connectivity index (χ1n) is 22.2. The molecule has 1 aliphatic carbocycles. The van der Waals surface area contributed by atoms with Crippen molar-refractivity contribution in [3.8, 4) is 23.0 Å². The molecule has 66 heavy (non-hydrogen) atoms. The summed E-state index contributed by atoms with van der Waals surface area (Å²) in [5.74, 6) is -0.788. The maximum absolute atomic E-state index is 13.6. The van der Waals surface area contributed by atoms with Gasteiger partial charge in [0.15, 0.2) is 10.2 Å². The Hall–Kier alpha value is -6.12. The third-order valence-corrected chi connectivity index (χ3v) is 12.5. The molecule has 348 valence electrons. The van der Waals surface area contributed by atoms with E-state index in [-0.39, 0.29) is 10.2 Å². The fourth-order valence-electron chi connectivity index (χ4n) is 6.90. The van der Waals surface area contributed by atoms with E-state index in [2.05, 4.69) is 13.2 Å². The van der Waals surface area contributed by atoms with Crippen LogP contribution in [0.25, 0.3) is 0 Å². The molecule has 0 aliphatic heterocycles. The highest BCUT2D eigenvalue weighted by molar-refractivity contribution is 8.14. The van der Waals surface area contributed by atoms with Crippen molar-refractivity contribution in [2.24, 2.45) is 11.8 Å². The summed E-state index contributed by atoms with van der Waals surface area (Å²) in [4.78, 5) is 76.4. The molecule has 14 heteroatoms. The van der Waals surface area contributed by atoms with Crippen LogP contribution in [-0.4, -0.2) is 60.5 Å². The third kappa shape index (κ3) is 17.7. The van der Waals surface area contributed by atoms with Crippen LogP contribution in [0.15, 0.2) is 132 Å². The van der Waals surface area contributed by atoms with Gasteiger partial charge in [-0.1, -0.05) is 49.5 Å². The molecule has 1 aliphatic rings. The van der Waals surface area contributed by atoms with Crippen LogP contribution in [0.3, 0.4) is 0 Å². The monoisotopic (exact) mass is 936 g/mol. The van der Waals surface area contributed by atoms with Crippen LogP contribution in [0.4, 0.5) is 0 Å². The topological polar surface area (TPSA) is 158 Å². The predicted molar refractivity (Wildman–Crippen MR) is 253 cm³/mol. The Morgan fingerprint density at radius 1 is 0.455 bits per heavy atom. The van der Waals surface area contributed by atoms with Crippen molar-refractivity contribution in [2.45, 2.75) is 86.8 Å². The second-order valence-electron chi connectivity index (χ2n) is 15.4. The van der Waals surface area contributed by atoms with E-state index in [1.165, 1.54) is 0 Å². The molecule has 0 unspecified atom stereocenters. The Kier molecular flexibility index (Phi) is 21.6. The molecule has 0 aromatic heterocycles. The van der Waals surface area contributed by atoms with Gasteiger partial charge in [-0.3, -0.25) is 9.59 Å². The zero-order valence-electron chi connectivity index (χ0n) is 37.0. The number of unbranched alkanes of at least 4 members (excludes halogenated alkanes) is 6. The van der Waals surface area contributed by atoms with Gasteiger partial charge in [0.05, 0.1) is 37.6 Å². The average molecular weight is 937 g/mol. The summed E-state index contributed by atoms with van der Waals surface area (Å²) >= 11 is 2.17. The number of carbonyl (C=O) groups is 6. The van der Waals surface area contributed by atoms with Gasteiger partial charge in [0, 0.05) is 33.8 Å². The van der Waals surface area contributed by atoms with Gasteiger partial charge in [-0.05, 0) is 161 Å². The lowest BCUT2D eigenvalue weighted by Crippen LogP contribution is -2.30. The molecule has 2 atom stereocenters. The van der Waals surface area contributed by atoms with Crippen LogP contribution in [-0.2, 0) is 28.7 Å².